The van der Waals surface area contributed by atoms with E-state index in [1.807, 2.05) is 0 Å². The molecule has 0 aromatic carbocycles. The average molecular weight is 218 g/mol. The van der Waals surface area contributed by atoms with Crippen LogP contribution in [0, 0.1) is 0 Å². The number of hydrogen-bond donors (Lipinski definition) is 1. The quantitative estimate of drug-likeness (QED) is 0.703. The molecule has 0 spiro atoms. The molecule has 0 aromatic rings. The molecule has 1 N–H and O–H groups in total. The smallest absolute Gasteiger partial charge is 0.331 e. The van der Waals surface area contributed by atoms with Crippen molar-refractivity contribution in [3.8, 4) is 0 Å². The van der Waals surface area contributed by atoms with E-state index in [4.69, 9.17) is 5.11 Å². The third-order valence-corrected chi connectivity index (χ3v) is 1.01. The second-order valence-corrected chi connectivity index (χ2v) is 2.07. The van der Waals surface area contributed by atoms with E-state index in [1.54, 1.807) is 0 Å². The highest BCUT2D eigenvalue weighted by molar-refractivity contribution is 4.88. The summed E-state index contributed by atoms with van der Waals surface area (Å²) in [5, 5.41) is 7.26. The second-order valence-electron chi connectivity index (χ2n) is 2.07. The van der Waals surface area contributed by atoms with Crippen molar-refractivity contribution in [1.29, 1.82) is 0 Å². The molecule has 0 saturated heterocycles. The van der Waals surface area contributed by atoms with Gasteiger partial charge in [0.25, 0.3) is 6.17 Å². The summed E-state index contributed by atoms with van der Waals surface area (Å²) in [5.41, 5.74) is 0. The van der Waals surface area contributed by atoms with Gasteiger partial charge in [-0.05, 0) is 0 Å². The maximum absolute atomic E-state index is 11.7. The molecular formula is C4H2F8O. The van der Waals surface area contributed by atoms with Crippen LogP contribution in [0.5, 0.6) is 0 Å². The fourth-order valence-corrected chi connectivity index (χ4v) is 0.358. The van der Waals surface area contributed by atoms with Crippen molar-refractivity contribution >= 4 is 0 Å². The molecule has 0 aromatic heterocycles. The summed E-state index contributed by atoms with van der Waals surface area (Å²) in [6, 6.07) is 0. The standard InChI is InChI=1S/C4H2F8O/c5-1(3(8,9)10)2(6,7)4(11,12)13/h1,13H. The first kappa shape index (κ1) is 12.4. The molecular weight excluding hydrogens is 216 g/mol. The fraction of sp³-hybridized carbons (Fsp3) is 1.00. The Kier molecular flexibility index (Phi) is 2.83. The van der Waals surface area contributed by atoms with E-state index in [0.717, 1.165) is 0 Å². The Hall–Kier alpha value is -0.600. The van der Waals surface area contributed by atoms with Gasteiger partial charge in [-0.3, -0.25) is 0 Å². The molecule has 0 rings (SSSR count). The van der Waals surface area contributed by atoms with E-state index in [-0.39, 0.29) is 0 Å². The lowest BCUT2D eigenvalue weighted by molar-refractivity contribution is -0.372. The van der Waals surface area contributed by atoms with Crippen LogP contribution in [0.1, 0.15) is 0 Å². The molecule has 13 heavy (non-hydrogen) atoms. The van der Waals surface area contributed by atoms with Crippen LogP contribution in [0.3, 0.4) is 0 Å². The van der Waals surface area contributed by atoms with Gasteiger partial charge in [-0.15, -0.1) is 0 Å². The largest absolute Gasteiger partial charge is 0.426 e. The lowest BCUT2D eigenvalue weighted by Gasteiger charge is -2.25. The summed E-state index contributed by atoms with van der Waals surface area (Å²) in [6.45, 7) is 0. The molecule has 0 aliphatic heterocycles. The zero-order valence-corrected chi connectivity index (χ0v) is 5.55. The Morgan fingerprint density at radius 1 is 0.846 bits per heavy atom. The third kappa shape index (κ3) is 2.42. The predicted octanol–water partition coefficient (Wildman–Crippen LogP) is 2.11. The van der Waals surface area contributed by atoms with Crippen LogP contribution in [0.2, 0.25) is 0 Å². The Morgan fingerprint density at radius 3 is 1.23 bits per heavy atom. The summed E-state index contributed by atoms with van der Waals surface area (Å²) < 4.78 is 91.3. The summed E-state index contributed by atoms with van der Waals surface area (Å²) in [7, 11) is 0. The molecule has 1 atom stereocenters. The zero-order chi connectivity index (χ0) is 11.1. The number of halogens is 8. The first-order chi connectivity index (χ1) is 5.40. The van der Waals surface area contributed by atoms with E-state index in [0.29, 0.717) is 0 Å². The number of hydrogen-bond acceptors (Lipinski definition) is 1. The van der Waals surface area contributed by atoms with Gasteiger partial charge in [-0.1, -0.05) is 0 Å². The minimum Gasteiger partial charge on any atom is -0.331 e. The highest BCUT2D eigenvalue weighted by Crippen LogP contribution is 2.42. The average Bonchev–Trinajstić information content (AvgIpc) is 1.81. The maximum atomic E-state index is 11.7. The first-order valence-electron chi connectivity index (χ1n) is 2.59. The molecule has 0 aliphatic rings. The SMILES string of the molecule is OC(F)(F)C(F)(F)C(F)C(F)(F)F. The summed E-state index contributed by atoms with van der Waals surface area (Å²) in [6.07, 6.45) is -17.3. The van der Waals surface area contributed by atoms with Gasteiger partial charge in [0.2, 0.25) is 0 Å². The Morgan fingerprint density at radius 2 is 1.15 bits per heavy atom. The molecule has 0 amide bonds. The number of rotatable bonds is 2. The van der Waals surface area contributed by atoms with E-state index >= 15 is 0 Å². The molecule has 1 nitrogen and oxygen atoms in total. The minimum atomic E-state index is -6.19. The van der Waals surface area contributed by atoms with Crippen molar-refractivity contribution in [3.63, 3.8) is 0 Å². The third-order valence-electron chi connectivity index (χ3n) is 1.01. The first-order valence-corrected chi connectivity index (χ1v) is 2.59. The van der Waals surface area contributed by atoms with E-state index in [9.17, 15) is 35.1 Å². The van der Waals surface area contributed by atoms with Gasteiger partial charge in [-0.2, -0.15) is 30.7 Å². The van der Waals surface area contributed by atoms with Crippen LogP contribution in [-0.4, -0.2) is 29.5 Å². The monoisotopic (exact) mass is 218 g/mol. The molecule has 0 saturated carbocycles. The Labute approximate surface area is 66.0 Å². The van der Waals surface area contributed by atoms with Gasteiger partial charge >= 0.3 is 18.2 Å². The molecule has 0 radical (unpaired) electrons. The summed E-state index contributed by atoms with van der Waals surface area (Å²) in [4.78, 5) is 0. The second kappa shape index (κ2) is 2.96. The van der Waals surface area contributed by atoms with Gasteiger partial charge in [0.1, 0.15) is 0 Å². The van der Waals surface area contributed by atoms with Crippen molar-refractivity contribution in [2.24, 2.45) is 0 Å². The minimum absolute atomic E-state index is 5.11. The molecule has 1 unspecified atom stereocenters. The molecule has 0 bridgehead atoms. The van der Waals surface area contributed by atoms with Crippen molar-refractivity contribution in [2.75, 3.05) is 0 Å². The molecule has 0 aliphatic carbocycles. The summed E-state index contributed by atoms with van der Waals surface area (Å²) in [5.74, 6) is -6.19. The van der Waals surface area contributed by atoms with Crippen LogP contribution in [0.15, 0.2) is 0 Å². The molecule has 0 heterocycles. The van der Waals surface area contributed by atoms with Gasteiger partial charge < -0.3 is 5.11 Å². The molecule has 80 valence electrons. The van der Waals surface area contributed by atoms with Crippen molar-refractivity contribution in [3.05, 3.63) is 0 Å². The fourth-order valence-electron chi connectivity index (χ4n) is 0.358. The van der Waals surface area contributed by atoms with Crippen LogP contribution in [0.25, 0.3) is 0 Å². The zero-order valence-electron chi connectivity index (χ0n) is 5.55. The normalized spacial score (nSPS) is 17.3. The summed E-state index contributed by atoms with van der Waals surface area (Å²) >= 11 is 0. The number of aliphatic hydroxyl groups is 1. The lowest BCUT2D eigenvalue weighted by atomic mass is 10.2. The van der Waals surface area contributed by atoms with Crippen LogP contribution >= 0.6 is 0 Å². The van der Waals surface area contributed by atoms with Crippen molar-refractivity contribution in [1.82, 2.24) is 0 Å². The van der Waals surface area contributed by atoms with Gasteiger partial charge in [0.15, 0.2) is 0 Å². The van der Waals surface area contributed by atoms with Crippen LogP contribution in [-0.2, 0) is 0 Å². The van der Waals surface area contributed by atoms with Gasteiger partial charge in [0.05, 0.1) is 0 Å². The number of alkyl halides is 8. The van der Waals surface area contributed by atoms with Crippen LogP contribution in [0.4, 0.5) is 35.1 Å². The van der Waals surface area contributed by atoms with E-state index < -0.39 is 24.4 Å². The van der Waals surface area contributed by atoms with Crippen LogP contribution < -0.4 is 0 Å². The maximum Gasteiger partial charge on any atom is 0.426 e. The van der Waals surface area contributed by atoms with Crippen molar-refractivity contribution in [2.45, 2.75) is 24.4 Å². The van der Waals surface area contributed by atoms with E-state index in [1.165, 1.54) is 0 Å². The molecule has 9 heteroatoms. The molecule has 0 fully saturated rings. The highest BCUT2D eigenvalue weighted by Gasteiger charge is 2.69. The Bertz CT molecular complexity index is 178. The highest BCUT2D eigenvalue weighted by atomic mass is 19.4. The van der Waals surface area contributed by atoms with Gasteiger partial charge in [-0.25, -0.2) is 4.39 Å². The predicted molar refractivity (Wildman–Crippen MR) is 23.1 cm³/mol. The van der Waals surface area contributed by atoms with Crippen molar-refractivity contribution < 1.29 is 40.2 Å². The topological polar surface area (TPSA) is 20.2 Å². The lowest BCUT2D eigenvalue weighted by Crippen LogP contribution is -2.53. The Balaban J connectivity index is 4.86. The van der Waals surface area contributed by atoms with Gasteiger partial charge in [0, 0.05) is 0 Å². The van der Waals surface area contributed by atoms with E-state index in [2.05, 4.69) is 0 Å².